The maximum absolute atomic E-state index is 11.6. The van der Waals surface area contributed by atoms with Crippen LogP contribution in [0.2, 0.25) is 0 Å². The third-order valence-electron chi connectivity index (χ3n) is 2.99. The molecule has 0 radical (unpaired) electrons. The van der Waals surface area contributed by atoms with Gasteiger partial charge in [0.1, 0.15) is 0 Å². The van der Waals surface area contributed by atoms with Crippen molar-refractivity contribution in [1.29, 1.82) is 0 Å². The van der Waals surface area contributed by atoms with Crippen LogP contribution in [0.15, 0.2) is 24.3 Å². The van der Waals surface area contributed by atoms with Gasteiger partial charge >= 0.3 is 5.97 Å². The summed E-state index contributed by atoms with van der Waals surface area (Å²) < 4.78 is 4.77. The van der Waals surface area contributed by atoms with Crippen molar-refractivity contribution in [1.82, 2.24) is 5.32 Å². The van der Waals surface area contributed by atoms with E-state index in [1.165, 1.54) is 7.11 Å². The third-order valence-corrected chi connectivity index (χ3v) is 2.99. The van der Waals surface area contributed by atoms with Crippen molar-refractivity contribution >= 4 is 5.97 Å². The zero-order chi connectivity index (χ0) is 12.7. The molecule has 0 saturated carbocycles. The highest BCUT2D eigenvalue weighted by molar-refractivity contribution is 5.90. The molecule has 0 heterocycles. The summed E-state index contributed by atoms with van der Waals surface area (Å²) in [5.74, 6) is -0.271. The molecule has 0 aliphatic carbocycles. The Hall–Kier alpha value is -1.35. The third kappa shape index (κ3) is 3.86. The number of hydrogen-bond donors (Lipinski definition) is 1. The van der Waals surface area contributed by atoms with Gasteiger partial charge in [0.25, 0.3) is 0 Å². The summed E-state index contributed by atoms with van der Waals surface area (Å²) in [6.45, 7) is 5.03. The number of hydrogen-bond acceptors (Lipinski definition) is 3. The molecule has 0 unspecified atom stereocenters. The number of esters is 1. The van der Waals surface area contributed by atoms with E-state index in [0.717, 1.165) is 18.4 Å². The average molecular weight is 235 g/mol. The summed E-state index contributed by atoms with van der Waals surface area (Å²) >= 11 is 0. The Balaban J connectivity index is 2.73. The van der Waals surface area contributed by atoms with E-state index in [-0.39, 0.29) is 5.97 Å². The van der Waals surface area contributed by atoms with Gasteiger partial charge in [0.15, 0.2) is 0 Å². The molecule has 0 spiro atoms. The molecule has 0 aliphatic rings. The number of methoxy groups -OCH3 is 1. The van der Waals surface area contributed by atoms with Crippen LogP contribution in [-0.4, -0.2) is 19.1 Å². The first-order chi connectivity index (χ1) is 8.22. The normalized spacial score (nSPS) is 10.6. The molecular weight excluding hydrogens is 214 g/mol. The Morgan fingerprint density at radius 1 is 1.29 bits per heavy atom. The zero-order valence-electron chi connectivity index (χ0n) is 10.8. The van der Waals surface area contributed by atoms with Gasteiger partial charge in [-0.3, -0.25) is 0 Å². The van der Waals surface area contributed by atoms with Crippen molar-refractivity contribution in [3.8, 4) is 0 Å². The average Bonchev–Trinajstić information content (AvgIpc) is 2.39. The van der Waals surface area contributed by atoms with Gasteiger partial charge in [-0.25, -0.2) is 4.79 Å². The minimum Gasteiger partial charge on any atom is -0.465 e. The van der Waals surface area contributed by atoms with Gasteiger partial charge in [0, 0.05) is 12.6 Å². The number of benzene rings is 1. The molecule has 0 saturated heterocycles. The second-order valence-electron chi connectivity index (χ2n) is 4.04. The Kier molecular flexibility index (Phi) is 5.70. The van der Waals surface area contributed by atoms with Gasteiger partial charge in [-0.2, -0.15) is 0 Å². The van der Waals surface area contributed by atoms with Crippen molar-refractivity contribution in [2.24, 2.45) is 0 Å². The Morgan fingerprint density at radius 3 is 2.53 bits per heavy atom. The summed E-state index contributed by atoms with van der Waals surface area (Å²) in [5.41, 5.74) is 1.64. The molecule has 94 valence electrons. The van der Waals surface area contributed by atoms with Gasteiger partial charge in [0.2, 0.25) is 0 Å². The van der Waals surface area contributed by atoms with Crippen LogP contribution < -0.4 is 5.32 Å². The lowest BCUT2D eigenvalue weighted by Gasteiger charge is -2.15. The first-order valence-electron chi connectivity index (χ1n) is 6.12. The Bertz CT molecular complexity index is 359. The van der Waals surface area contributed by atoms with E-state index in [2.05, 4.69) is 19.2 Å². The molecule has 3 nitrogen and oxygen atoms in total. The molecule has 0 aromatic heterocycles. The van der Waals surface area contributed by atoms with Crippen LogP contribution in [-0.2, 0) is 11.3 Å². The fourth-order valence-corrected chi connectivity index (χ4v) is 1.82. The smallest absolute Gasteiger partial charge is 0.338 e. The molecule has 0 bridgehead atoms. The lowest BCUT2D eigenvalue weighted by Crippen LogP contribution is -2.27. The first kappa shape index (κ1) is 13.7. The number of nitrogens with one attached hydrogen (secondary N) is 1. The van der Waals surface area contributed by atoms with E-state index >= 15 is 0 Å². The highest BCUT2D eigenvalue weighted by atomic mass is 16.5. The van der Waals surface area contributed by atoms with E-state index in [4.69, 9.17) is 4.74 Å². The number of ether oxygens (including phenoxy) is 1. The van der Waals surface area contributed by atoms with Crippen molar-refractivity contribution in [3.63, 3.8) is 0 Å². The van der Waals surface area contributed by atoms with E-state index in [1.807, 2.05) is 18.2 Å². The number of carbonyl (C=O) groups is 1. The standard InChI is InChI=1S/C14H21NO2/c1-4-12(5-2)15-10-11-8-6-7-9-13(11)14(16)17-3/h6-9,12,15H,4-5,10H2,1-3H3. The minimum atomic E-state index is -0.271. The monoisotopic (exact) mass is 235 g/mol. The quantitative estimate of drug-likeness (QED) is 0.770. The van der Waals surface area contributed by atoms with Gasteiger partial charge in [-0.15, -0.1) is 0 Å². The topological polar surface area (TPSA) is 38.3 Å². The SMILES string of the molecule is CCC(CC)NCc1ccccc1C(=O)OC. The molecule has 1 aromatic rings. The molecule has 1 rings (SSSR count). The maximum atomic E-state index is 11.6. The molecule has 3 heteroatoms. The van der Waals surface area contributed by atoms with Crippen molar-refractivity contribution in [3.05, 3.63) is 35.4 Å². The summed E-state index contributed by atoms with van der Waals surface area (Å²) in [6, 6.07) is 8.06. The van der Waals surface area contributed by atoms with Gasteiger partial charge in [0.05, 0.1) is 12.7 Å². The predicted molar refractivity (Wildman–Crippen MR) is 69.0 cm³/mol. The molecule has 17 heavy (non-hydrogen) atoms. The van der Waals surface area contributed by atoms with Crippen LogP contribution in [0.4, 0.5) is 0 Å². The van der Waals surface area contributed by atoms with E-state index in [9.17, 15) is 4.79 Å². The largest absolute Gasteiger partial charge is 0.465 e. The van der Waals surface area contributed by atoms with Gasteiger partial charge in [-0.05, 0) is 24.5 Å². The number of rotatable bonds is 6. The van der Waals surface area contributed by atoms with E-state index in [1.54, 1.807) is 6.07 Å². The van der Waals surface area contributed by atoms with Crippen LogP contribution in [0.25, 0.3) is 0 Å². The highest BCUT2D eigenvalue weighted by Crippen LogP contribution is 2.10. The van der Waals surface area contributed by atoms with Crippen LogP contribution in [0.3, 0.4) is 0 Å². The Morgan fingerprint density at radius 2 is 1.94 bits per heavy atom. The van der Waals surface area contributed by atoms with E-state index in [0.29, 0.717) is 18.2 Å². The predicted octanol–water partition coefficient (Wildman–Crippen LogP) is 2.75. The van der Waals surface area contributed by atoms with Crippen LogP contribution in [0.1, 0.15) is 42.6 Å². The molecule has 1 N–H and O–H groups in total. The number of carbonyl (C=O) groups excluding carboxylic acids is 1. The molecule has 0 atom stereocenters. The summed E-state index contributed by atoms with van der Waals surface area (Å²) in [5, 5.41) is 3.45. The van der Waals surface area contributed by atoms with Crippen LogP contribution >= 0.6 is 0 Å². The molecule has 0 aliphatic heterocycles. The molecule has 0 fully saturated rings. The Labute approximate surface area is 103 Å². The summed E-state index contributed by atoms with van der Waals surface area (Å²) in [7, 11) is 1.41. The lowest BCUT2D eigenvalue weighted by molar-refractivity contribution is 0.0599. The van der Waals surface area contributed by atoms with Gasteiger partial charge < -0.3 is 10.1 Å². The second-order valence-corrected chi connectivity index (χ2v) is 4.04. The summed E-state index contributed by atoms with van der Waals surface area (Å²) in [6.07, 6.45) is 2.19. The van der Waals surface area contributed by atoms with Crippen LogP contribution in [0.5, 0.6) is 0 Å². The second kappa shape index (κ2) is 7.07. The first-order valence-corrected chi connectivity index (χ1v) is 6.12. The van der Waals surface area contributed by atoms with Crippen LogP contribution in [0, 0.1) is 0 Å². The zero-order valence-corrected chi connectivity index (χ0v) is 10.8. The van der Waals surface area contributed by atoms with Crippen molar-refractivity contribution in [2.45, 2.75) is 39.3 Å². The van der Waals surface area contributed by atoms with Crippen molar-refractivity contribution in [2.75, 3.05) is 7.11 Å². The summed E-state index contributed by atoms with van der Waals surface area (Å²) in [4.78, 5) is 11.6. The minimum absolute atomic E-state index is 0.271. The molecule has 0 amide bonds. The molecular formula is C14H21NO2. The van der Waals surface area contributed by atoms with E-state index < -0.39 is 0 Å². The van der Waals surface area contributed by atoms with Gasteiger partial charge in [-0.1, -0.05) is 32.0 Å². The fourth-order valence-electron chi connectivity index (χ4n) is 1.82. The lowest BCUT2D eigenvalue weighted by atomic mass is 10.1. The van der Waals surface area contributed by atoms with Crippen molar-refractivity contribution < 1.29 is 9.53 Å². The maximum Gasteiger partial charge on any atom is 0.338 e. The highest BCUT2D eigenvalue weighted by Gasteiger charge is 2.11. The molecule has 1 aromatic carbocycles. The fraction of sp³-hybridized carbons (Fsp3) is 0.500.